The van der Waals surface area contributed by atoms with E-state index in [2.05, 4.69) is 138 Å². The van der Waals surface area contributed by atoms with Crippen LogP contribution in [0.2, 0.25) is 17.3 Å². The molecule has 9 aromatic rings. The van der Waals surface area contributed by atoms with Gasteiger partial charge in [0, 0.05) is 37.4 Å². The van der Waals surface area contributed by atoms with Crippen LogP contribution in [0.5, 0.6) is 0 Å². The molecule has 0 fully saturated rings. The Hall–Kier alpha value is -5.14. The van der Waals surface area contributed by atoms with Crippen molar-refractivity contribution in [2.45, 2.75) is 83.9 Å². The van der Waals surface area contributed by atoms with Crippen molar-refractivity contribution in [2.75, 3.05) is 0 Å². The van der Waals surface area contributed by atoms with Gasteiger partial charge < -0.3 is 8.98 Å². The Balaban J connectivity index is 0.000000216. The molecule has 7 heteroatoms. The summed E-state index contributed by atoms with van der Waals surface area (Å²) in [4.78, 5) is 14.2. The minimum absolute atomic E-state index is 0. The molecule has 4 heterocycles. The predicted molar refractivity (Wildman–Crippen MR) is 259 cm³/mol. The third-order valence-electron chi connectivity index (χ3n) is 11.0. The maximum absolute atomic E-state index is 8.63. The van der Waals surface area contributed by atoms with Gasteiger partial charge in [-0.3, -0.25) is 4.98 Å². The van der Waals surface area contributed by atoms with Crippen molar-refractivity contribution in [3.63, 3.8) is 0 Å². The molecule has 0 aliphatic carbocycles. The van der Waals surface area contributed by atoms with Crippen molar-refractivity contribution in [3.05, 3.63) is 162 Å². The predicted octanol–water partition coefficient (Wildman–Crippen LogP) is 14.3. The van der Waals surface area contributed by atoms with Crippen LogP contribution in [-0.4, -0.2) is 32.8 Å². The van der Waals surface area contributed by atoms with Crippen LogP contribution in [0, 0.1) is 24.9 Å². The molecule has 0 N–H and O–H groups in total. The van der Waals surface area contributed by atoms with E-state index in [1.165, 1.54) is 27.9 Å². The number of imidazole rings is 1. The monoisotopic (exact) mass is 1060 g/mol. The summed E-state index contributed by atoms with van der Waals surface area (Å²) in [5.74, 6) is 7.45. The summed E-state index contributed by atoms with van der Waals surface area (Å²) in [6.45, 7) is 10.4. The molecule has 4 aromatic heterocycles. The molecule has 0 unspecified atom stereocenters. The zero-order valence-electron chi connectivity index (χ0n) is 41.9. The second-order valence-corrected chi connectivity index (χ2v) is 28.2. The fourth-order valence-corrected chi connectivity index (χ4v) is 10.8. The molecule has 0 aliphatic heterocycles. The van der Waals surface area contributed by atoms with Crippen molar-refractivity contribution in [1.82, 2.24) is 19.5 Å². The van der Waals surface area contributed by atoms with E-state index in [-0.39, 0.29) is 31.7 Å². The summed E-state index contributed by atoms with van der Waals surface area (Å²) in [5.41, 5.74) is 12.0. The minimum atomic E-state index is -2.61. The number of para-hydroxylation sites is 2. The molecule has 1 radical (unpaired) electrons. The molecule has 0 saturated heterocycles. The summed E-state index contributed by atoms with van der Waals surface area (Å²) < 4.78 is 50.6. The maximum atomic E-state index is 8.63. The normalized spacial score (nSPS) is 13.4. The van der Waals surface area contributed by atoms with E-state index in [1.54, 1.807) is 24.4 Å². The van der Waals surface area contributed by atoms with Crippen LogP contribution in [0.4, 0.5) is 0 Å². The van der Waals surface area contributed by atoms with E-state index in [1.807, 2.05) is 50.2 Å². The average Bonchev–Trinajstić information content (AvgIpc) is 3.87. The van der Waals surface area contributed by atoms with Crippen molar-refractivity contribution in [1.29, 1.82) is 0 Å². The van der Waals surface area contributed by atoms with Crippen LogP contribution in [0.25, 0.3) is 72.6 Å². The van der Waals surface area contributed by atoms with Crippen molar-refractivity contribution in [3.8, 4) is 39.5 Å². The molecule has 0 saturated carbocycles. The van der Waals surface area contributed by atoms with Gasteiger partial charge in [0.1, 0.15) is 0 Å². The van der Waals surface area contributed by atoms with Crippen LogP contribution in [0.15, 0.2) is 132 Å². The summed E-state index contributed by atoms with van der Waals surface area (Å²) >= 11 is -2.61. The number of fused-ring (bicyclic) bond motifs is 4. The molecule has 62 heavy (non-hydrogen) atoms. The van der Waals surface area contributed by atoms with Crippen LogP contribution in [0.3, 0.4) is 0 Å². The summed E-state index contributed by atoms with van der Waals surface area (Å²) in [7, 11) is 0. The second-order valence-electron chi connectivity index (χ2n) is 17.6. The summed E-state index contributed by atoms with van der Waals surface area (Å²) in [6, 6.07) is 47.3. The number of hydrogen-bond donors (Lipinski definition) is 0. The Morgan fingerprint density at radius 2 is 1.45 bits per heavy atom. The third kappa shape index (κ3) is 9.02. The number of furan rings is 1. The van der Waals surface area contributed by atoms with E-state index < -0.39 is 26.5 Å². The van der Waals surface area contributed by atoms with E-state index in [0.717, 1.165) is 43.2 Å². The summed E-state index contributed by atoms with van der Waals surface area (Å²) in [6.07, 6.45) is 0.142. The van der Waals surface area contributed by atoms with Gasteiger partial charge in [0.2, 0.25) is 5.71 Å². The molecule has 317 valence electrons. The Morgan fingerprint density at radius 1 is 0.742 bits per heavy atom. The van der Waals surface area contributed by atoms with Crippen LogP contribution in [0.1, 0.15) is 82.6 Å². The van der Waals surface area contributed by atoms with Crippen molar-refractivity contribution < 1.29 is 31.4 Å². The smallest absolute Gasteiger partial charge is 0 e. The quantitative estimate of drug-likeness (QED) is 0.107. The molecule has 0 aliphatic rings. The Kier molecular flexibility index (Phi) is 11.6. The molecule has 5 aromatic carbocycles. The SMILES string of the molecule is CC(C)c1cc(-c2ccccc2)cc(C(C)C)c1-n1c(-c2[c-]ccc3c2oc2ncccc23)nc2ccccc21.[2H]C([2H])([2H])c1nc(-c2[c-]cccc2)c(C([2H])([2H])C(C)C)c[c]1[Ge]([CH3])([CH3])[CH3].[Ir]. The fourth-order valence-electron chi connectivity index (χ4n) is 8.03. The van der Waals surface area contributed by atoms with E-state index in [0.29, 0.717) is 34.4 Å². The Morgan fingerprint density at radius 3 is 2.11 bits per heavy atom. The first-order chi connectivity index (χ1) is 31.3. The van der Waals surface area contributed by atoms with Crippen LogP contribution >= 0.6 is 0 Å². The van der Waals surface area contributed by atoms with Gasteiger partial charge >= 0.3 is 139 Å². The van der Waals surface area contributed by atoms with Gasteiger partial charge in [0.05, 0.1) is 22.4 Å². The number of hydrogen-bond acceptors (Lipinski definition) is 4. The van der Waals surface area contributed by atoms with Gasteiger partial charge in [0.15, 0.2) is 0 Å². The van der Waals surface area contributed by atoms with Crippen molar-refractivity contribution in [2.24, 2.45) is 5.92 Å². The first-order valence-electron chi connectivity index (χ1n) is 23.7. The topological polar surface area (TPSA) is 56.7 Å². The largest absolute Gasteiger partial charge is 0 e. The van der Waals surface area contributed by atoms with Crippen molar-refractivity contribution >= 4 is 50.8 Å². The first-order valence-corrected chi connectivity index (χ1v) is 28.5. The van der Waals surface area contributed by atoms with Gasteiger partial charge in [-0.15, -0.1) is 18.2 Å². The number of aryl methyl sites for hydroxylation is 1. The van der Waals surface area contributed by atoms with E-state index >= 15 is 0 Å². The molecule has 9 rings (SSSR count). The van der Waals surface area contributed by atoms with Crippen LogP contribution < -0.4 is 4.40 Å². The molecule has 0 bridgehead atoms. The van der Waals surface area contributed by atoms with Gasteiger partial charge in [-0.2, -0.15) is 0 Å². The molecular formula is C55H56GeIrN4O-2. The second kappa shape index (κ2) is 18.7. The fraction of sp³-hybridized carbons (Fsp3) is 0.255. The van der Waals surface area contributed by atoms with Gasteiger partial charge in [0.25, 0.3) is 0 Å². The maximum Gasteiger partial charge on any atom is 0 e. The molecule has 0 atom stereocenters. The zero-order chi connectivity index (χ0) is 47.3. The number of pyridine rings is 2. The van der Waals surface area contributed by atoms with Gasteiger partial charge in [-0.05, 0) is 70.5 Å². The minimum Gasteiger partial charge on any atom is 0 e. The van der Waals surface area contributed by atoms with Gasteiger partial charge in [-0.1, -0.05) is 81.1 Å². The van der Waals surface area contributed by atoms with Crippen LogP contribution in [-0.2, 0) is 26.5 Å². The molecule has 0 amide bonds. The number of aromatic nitrogens is 4. The Labute approximate surface area is 390 Å². The number of nitrogens with zero attached hydrogens (tertiary/aromatic N) is 4. The Bertz CT molecular complexity index is 3160. The number of rotatable bonds is 9. The standard InChI is InChI=1S/C36H30N3O.C19H26GeN.Ir/c1-22(2)29-20-25(24-12-6-5-7-13-24)21-30(23(3)4)33(29)39-32-18-9-8-17-31(32)38-35(39)28-15-10-14-26-27-16-11-19-37-36(27)40-34(26)28;1-14(2)12-17-13-18(20(4,5)6)15(3)21-19(17)16-10-8-7-9-11-16;/h5-14,16-23H,1-4H3;7-10,13-14H,12H2,1-6H3;/q2*-1;/i;3D3,12D2;. The third-order valence-corrected chi connectivity index (χ3v) is 15.2. The molecule has 5 nitrogen and oxygen atoms in total. The molecule has 0 spiro atoms. The number of benzene rings is 5. The van der Waals surface area contributed by atoms with E-state index in [9.17, 15) is 0 Å². The first kappa shape index (κ1) is 38.5. The van der Waals surface area contributed by atoms with Gasteiger partial charge in [-0.25, -0.2) is 4.98 Å². The summed E-state index contributed by atoms with van der Waals surface area (Å²) in [5, 5.41) is 2.01. The van der Waals surface area contributed by atoms with E-state index in [4.69, 9.17) is 16.3 Å². The zero-order valence-corrected chi connectivity index (χ0v) is 41.4. The average molecular weight is 1060 g/mol. The molecular weight excluding hydrogens is 997 g/mol.